The van der Waals surface area contributed by atoms with Gasteiger partial charge in [0.25, 0.3) is 5.91 Å². The topological polar surface area (TPSA) is 70.7 Å². The molecule has 5 heteroatoms. The van der Waals surface area contributed by atoms with Gasteiger partial charge >= 0.3 is 0 Å². The van der Waals surface area contributed by atoms with Crippen molar-refractivity contribution in [1.82, 2.24) is 20.5 Å². The molecule has 0 aliphatic heterocycles. The average molecular weight is 320 g/mol. The highest BCUT2D eigenvalue weighted by molar-refractivity contribution is 5.92. The van der Waals surface area contributed by atoms with Crippen LogP contribution in [-0.4, -0.2) is 21.1 Å². The van der Waals surface area contributed by atoms with E-state index in [9.17, 15) is 4.79 Å². The third-order valence-corrected chi connectivity index (χ3v) is 3.82. The molecule has 0 saturated carbocycles. The summed E-state index contributed by atoms with van der Waals surface area (Å²) in [7, 11) is 0. The summed E-state index contributed by atoms with van der Waals surface area (Å²) in [6, 6.07) is 15.6. The minimum absolute atomic E-state index is 0.174. The van der Waals surface area contributed by atoms with Crippen molar-refractivity contribution >= 4 is 5.91 Å². The van der Waals surface area contributed by atoms with Crippen LogP contribution >= 0.6 is 0 Å². The van der Waals surface area contributed by atoms with Crippen LogP contribution in [0, 0.1) is 0 Å². The lowest BCUT2D eigenvalue weighted by molar-refractivity contribution is 0.0946. The van der Waals surface area contributed by atoms with Crippen molar-refractivity contribution in [3.8, 4) is 11.3 Å². The second kappa shape index (κ2) is 7.08. The van der Waals surface area contributed by atoms with Crippen molar-refractivity contribution < 1.29 is 4.79 Å². The number of nitrogens with zero attached hydrogens (tertiary/aromatic N) is 2. The molecule has 3 aromatic rings. The largest absolute Gasteiger partial charge is 0.347 e. The Balaban J connectivity index is 1.61. The molecule has 0 spiro atoms. The molecule has 0 atom stereocenters. The second-order valence-electron chi connectivity index (χ2n) is 5.96. The molecule has 0 radical (unpaired) electrons. The maximum Gasteiger partial charge on any atom is 0.272 e. The molecular weight excluding hydrogens is 300 g/mol. The number of carbonyl (C=O) groups excluding carboxylic acids is 1. The molecule has 2 aromatic heterocycles. The summed E-state index contributed by atoms with van der Waals surface area (Å²) < 4.78 is 0. The zero-order chi connectivity index (χ0) is 16.9. The van der Waals surface area contributed by atoms with Gasteiger partial charge < -0.3 is 5.32 Å². The SMILES string of the molecule is CC(C)c1cc(C(=O)NCc2ccc(-c3ccccn3)cc2)n[nH]1. The highest BCUT2D eigenvalue weighted by atomic mass is 16.1. The number of amides is 1. The van der Waals surface area contributed by atoms with Gasteiger partial charge in [0.2, 0.25) is 0 Å². The Morgan fingerprint density at radius 1 is 1.17 bits per heavy atom. The van der Waals surface area contributed by atoms with Crippen molar-refractivity contribution in [2.45, 2.75) is 26.3 Å². The lowest BCUT2D eigenvalue weighted by atomic mass is 10.1. The van der Waals surface area contributed by atoms with E-state index in [1.165, 1.54) is 0 Å². The van der Waals surface area contributed by atoms with Gasteiger partial charge in [0.15, 0.2) is 0 Å². The first-order chi connectivity index (χ1) is 11.6. The van der Waals surface area contributed by atoms with E-state index < -0.39 is 0 Å². The summed E-state index contributed by atoms with van der Waals surface area (Å²) in [5.74, 6) is 0.144. The third kappa shape index (κ3) is 3.68. The molecule has 2 heterocycles. The lowest BCUT2D eigenvalue weighted by Crippen LogP contribution is -2.23. The second-order valence-corrected chi connectivity index (χ2v) is 5.96. The molecular formula is C19H20N4O. The Hall–Kier alpha value is -2.95. The maximum absolute atomic E-state index is 12.1. The highest BCUT2D eigenvalue weighted by Gasteiger charge is 2.11. The quantitative estimate of drug-likeness (QED) is 0.755. The molecule has 1 amide bonds. The Bertz CT molecular complexity index is 807. The van der Waals surface area contributed by atoms with Gasteiger partial charge in [-0.3, -0.25) is 14.9 Å². The molecule has 3 rings (SSSR count). The number of carbonyl (C=O) groups is 1. The van der Waals surface area contributed by atoms with Crippen LogP contribution < -0.4 is 5.32 Å². The van der Waals surface area contributed by atoms with Crippen molar-refractivity contribution in [3.63, 3.8) is 0 Å². The number of hydrogen-bond acceptors (Lipinski definition) is 3. The van der Waals surface area contributed by atoms with E-state index in [4.69, 9.17) is 0 Å². The molecule has 24 heavy (non-hydrogen) atoms. The van der Waals surface area contributed by atoms with Gasteiger partial charge in [-0.1, -0.05) is 44.2 Å². The Kier molecular flexibility index (Phi) is 4.70. The fourth-order valence-corrected chi connectivity index (χ4v) is 2.35. The Labute approximate surface area is 141 Å². The molecule has 0 aliphatic carbocycles. The molecule has 0 fully saturated rings. The molecule has 0 unspecified atom stereocenters. The van der Waals surface area contributed by atoms with Crippen LogP contribution in [0.4, 0.5) is 0 Å². The normalized spacial score (nSPS) is 10.8. The first-order valence-electron chi connectivity index (χ1n) is 7.97. The fourth-order valence-electron chi connectivity index (χ4n) is 2.35. The van der Waals surface area contributed by atoms with E-state index in [2.05, 4.69) is 34.3 Å². The molecule has 0 aliphatic rings. The fraction of sp³-hybridized carbons (Fsp3) is 0.211. The van der Waals surface area contributed by atoms with E-state index in [1.807, 2.05) is 42.5 Å². The number of pyridine rings is 1. The van der Waals surface area contributed by atoms with Gasteiger partial charge in [-0.25, -0.2) is 0 Å². The first-order valence-corrected chi connectivity index (χ1v) is 7.97. The summed E-state index contributed by atoms with van der Waals surface area (Å²) in [5.41, 5.74) is 4.40. The van der Waals surface area contributed by atoms with Crippen molar-refractivity contribution in [3.05, 3.63) is 71.7 Å². The minimum Gasteiger partial charge on any atom is -0.347 e. The summed E-state index contributed by atoms with van der Waals surface area (Å²) in [5, 5.41) is 9.84. The van der Waals surface area contributed by atoms with Gasteiger partial charge in [0, 0.05) is 24.0 Å². The van der Waals surface area contributed by atoms with Crippen molar-refractivity contribution in [2.75, 3.05) is 0 Å². The molecule has 2 N–H and O–H groups in total. The van der Waals surface area contributed by atoms with E-state index in [0.29, 0.717) is 18.2 Å². The number of aromatic amines is 1. The lowest BCUT2D eigenvalue weighted by Gasteiger charge is -2.05. The predicted octanol–water partition coefficient (Wildman–Crippen LogP) is 3.53. The van der Waals surface area contributed by atoms with Crippen molar-refractivity contribution in [1.29, 1.82) is 0 Å². The number of benzene rings is 1. The van der Waals surface area contributed by atoms with Gasteiger partial charge in [-0.15, -0.1) is 0 Å². The minimum atomic E-state index is -0.174. The Morgan fingerprint density at radius 2 is 1.96 bits per heavy atom. The van der Waals surface area contributed by atoms with Crippen molar-refractivity contribution in [2.24, 2.45) is 0 Å². The van der Waals surface area contributed by atoms with E-state index >= 15 is 0 Å². The molecule has 122 valence electrons. The van der Waals surface area contributed by atoms with Crippen LogP contribution in [-0.2, 0) is 6.54 Å². The number of H-pyrrole nitrogens is 1. The predicted molar refractivity (Wildman–Crippen MR) is 93.5 cm³/mol. The van der Waals surface area contributed by atoms with Crippen LogP contribution in [0.3, 0.4) is 0 Å². The summed E-state index contributed by atoms with van der Waals surface area (Å²) in [6.45, 7) is 4.57. The van der Waals surface area contributed by atoms with E-state index in [0.717, 1.165) is 22.5 Å². The van der Waals surface area contributed by atoms with E-state index in [-0.39, 0.29) is 5.91 Å². The maximum atomic E-state index is 12.1. The van der Waals surface area contributed by atoms with Gasteiger partial charge in [-0.05, 0) is 29.7 Å². The molecule has 0 bridgehead atoms. The average Bonchev–Trinajstić information content (AvgIpc) is 3.11. The monoisotopic (exact) mass is 320 g/mol. The standard InChI is InChI=1S/C19H20N4O/c1-13(2)17-11-18(23-22-17)19(24)21-12-14-6-8-15(9-7-14)16-5-3-4-10-20-16/h3-11,13H,12H2,1-2H3,(H,21,24)(H,22,23). The van der Waals surface area contributed by atoms with Crippen LogP contribution in [0.2, 0.25) is 0 Å². The van der Waals surface area contributed by atoms with Gasteiger partial charge in [0.05, 0.1) is 5.69 Å². The van der Waals surface area contributed by atoms with Crippen LogP contribution in [0.5, 0.6) is 0 Å². The zero-order valence-corrected chi connectivity index (χ0v) is 13.8. The highest BCUT2D eigenvalue weighted by Crippen LogP contribution is 2.17. The number of hydrogen-bond donors (Lipinski definition) is 2. The van der Waals surface area contributed by atoms with Crippen LogP contribution in [0.25, 0.3) is 11.3 Å². The van der Waals surface area contributed by atoms with E-state index in [1.54, 1.807) is 12.3 Å². The summed E-state index contributed by atoms with van der Waals surface area (Å²) >= 11 is 0. The molecule has 1 aromatic carbocycles. The summed E-state index contributed by atoms with van der Waals surface area (Å²) in [4.78, 5) is 16.5. The zero-order valence-electron chi connectivity index (χ0n) is 13.8. The first kappa shape index (κ1) is 15.9. The Morgan fingerprint density at radius 3 is 2.58 bits per heavy atom. The van der Waals surface area contributed by atoms with Gasteiger partial charge in [-0.2, -0.15) is 5.10 Å². The smallest absolute Gasteiger partial charge is 0.272 e. The number of rotatable bonds is 5. The molecule has 0 saturated heterocycles. The summed E-state index contributed by atoms with van der Waals surface area (Å²) in [6.07, 6.45) is 1.78. The number of aromatic nitrogens is 3. The van der Waals surface area contributed by atoms with Gasteiger partial charge in [0.1, 0.15) is 5.69 Å². The van der Waals surface area contributed by atoms with Crippen LogP contribution in [0.15, 0.2) is 54.7 Å². The molecule has 5 nitrogen and oxygen atoms in total. The number of nitrogens with one attached hydrogen (secondary N) is 2. The third-order valence-electron chi connectivity index (χ3n) is 3.82. The van der Waals surface area contributed by atoms with Crippen LogP contribution in [0.1, 0.15) is 41.5 Å².